The average Bonchev–Trinajstić information content (AvgIpc) is 2.81. The van der Waals surface area contributed by atoms with Crippen LogP contribution in [-0.2, 0) is 17.6 Å². The number of fused-ring (bicyclic) bond motifs is 2. The smallest absolute Gasteiger partial charge is 0.226 e. The van der Waals surface area contributed by atoms with Crippen molar-refractivity contribution >= 4 is 17.4 Å². The van der Waals surface area contributed by atoms with E-state index in [2.05, 4.69) is 20.6 Å². The van der Waals surface area contributed by atoms with Crippen LogP contribution in [0.5, 0.6) is 0 Å². The van der Waals surface area contributed by atoms with E-state index in [0.717, 1.165) is 56.2 Å². The Kier molecular flexibility index (Phi) is 3.88. The van der Waals surface area contributed by atoms with Crippen molar-refractivity contribution in [1.82, 2.24) is 25.2 Å². The number of rotatable bonds is 3. The zero-order valence-electron chi connectivity index (χ0n) is 14.2. The van der Waals surface area contributed by atoms with Gasteiger partial charge in [0.15, 0.2) is 5.65 Å². The molecule has 7 heteroatoms. The number of nitrogens with zero attached hydrogens (tertiary/aromatic N) is 4. The number of anilines is 1. The number of nitrogens with one attached hydrogen (secondary N) is 2. The van der Waals surface area contributed by atoms with Gasteiger partial charge in [-0.2, -0.15) is 9.61 Å². The van der Waals surface area contributed by atoms with Gasteiger partial charge in [-0.25, -0.2) is 4.98 Å². The van der Waals surface area contributed by atoms with Gasteiger partial charge >= 0.3 is 0 Å². The van der Waals surface area contributed by atoms with E-state index < -0.39 is 0 Å². The predicted octanol–water partition coefficient (Wildman–Crippen LogP) is 0.378. The molecule has 2 aromatic heterocycles. The maximum atomic E-state index is 12.2. The highest BCUT2D eigenvalue weighted by Gasteiger charge is 2.36. The van der Waals surface area contributed by atoms with Crippen LogP contribution in [0.25, 0.3) is 5.65 Å². The van der Waals surface area contributed by atoms with Gasteiger partial charge in [0, 0.05) is 43.7 Å². The molecule has 0 atom stereocenters. The molecule has 128 valence electrons. The van der Waals surface area contributed by atoms with Crippen LogP contribution in [0.3, 0.4) is 0 Å². The number of hydrogen-bond donors (Lipinski definition) is 2. The molecular formula is C17H24N6O. The first kappa shape index (κ1) is 15.4. The van der Waals surface area contributed by atoms with Gasteiger partial charge in [0.05, 0.1) is 17.8 Å². The highest BCUT2D eigenvalue weighted by Crippen LogP contribution is 2.31. The Morgan fingerprint density at radius 1 is 1.33 bits per heavy atom. The summed E-state index contributed by atoms with van der Waals surface area (Å²) in [5.41, 5.74) is 3.33. The SMILES string of the molecule is CC(C)NC(=O)C1CN(c2c3c(nc4ccnn24)CCNCC3)C1. The van der Waals surface area contributed by atoms with E-state index in [0.29, 0.717) is 0 Å². The fraction of sp³-hybridized carbons (Fsp3) is 0.588. The summed E-state index contributed by atoms with van der Waals surface area (Å²) in [6, 6.07) is 2.14. The van der Waals surface area contributed by atoms with Crippen molar-refractivity contribution in [1.29, 1.82) is 0 Å². The lowest BCUT2D eigenvalue weighted by molar-refractivity contribution is -0.126. The molecule has 0 bridgehead atoms. The minimum atomic E-state index is 0.0609. The molecule has 2 N–H and O–H groups in total. The third-order valence-electron chi connectivity index (χ3n) is 4.76. The second-order valence-corrected chi connectivity index (χ2v) is 6.98. The van der Waals surface area contributed by atoms with Crippen molar-refractivity contribution in [2.75, 3.05) is 31.1 Å². The first-order valence-electron chi connectivity index (χ1n) is 8.75. The van der Waals surface area contributed by atoms with Crippen LogP contribution in [0.15, 0.2) is 12.3 Å². The number of carbonyl (C=O) groups excluding carboxylic acids is 1. The molecular weight excluding hydrogens is 304 g/mol. The second kappa shape index (κ2) is 6.05. The van der Waals surface area contributed by atoms with Crippen molar-refractivity contribution in [3.8, 4) is 0 Å². The molecule has 1 fully saturated rings. The van der Waals surface area contributed by atoms with Gasteiger partial charge in [0.25, 0.3) is 0 Å². The maximum absolute atomic E-state index is 12.2. The molecule has 0 unspecified atom stereocenters. The lowest BCUT2D eigenvalue weighted by Gasteiger charge is -2.41. The molecule has 0 aliphatic carbocycles. The monoisotopic (exact) mass is 328 g/mol. The quantitative estimate of drug-likeness (QED) is 0.852. The van der Waals surface area contributed by atoms with Gasteiger partial charge in [0.2, 0.25) is 5.91 Å². The fourth-order valence-corrected chi connectivity index (χ4v) is 3.56. The molecule has 2 aromatic rings. The van der Waals surface area contributed by atoms with Gasteiger partial charge in [-0.05, 0) is 26.8 Å². The third-order valence-corrected chi connectivity index (χ3v) is 4.76. The summed E-state index contributed by atoms with van der Waals surface area (Å²) in [5.74, 6) is 1.34. The molecule has 0 saturated carbocycles. The Labute approximate surface area is 141 Å². The first-order valence-corrected chi connectivity index (χ1v) is 8.75. The van der Waals surface area contributed by atoms with Crippen LogP contribution in [-0.4, -0.2) is 52.7 Å². The second-order valence-electron chi connectivity index (χ2n) is 6.98. The summed E-state index contributed by atoms with van der Waals surface area (Å²) >= 11 is 0. The topological polar surface area (TPSA) is 74.6 Å². The number of carbonyl (C=O) groups is 1. The van der Waals surface area contributed by atoms with Crippen molar-refractivity contribution < 1.29 is 4.79 Å². The molecule has 0 spiro atoms. The molecule has 7 nitrogen and oxygen atoms in total. The van der Waals surface area contributed by atoms with Gasteiger partial charge in [-0.3, -0.25) is 4.79 Å². The lowest BCUT2D eigenvalue weighted by atomic mass is 9.97. The van der Waals surface area contributed by atoms with Gasteiger partial charge in [-0.1, -0.05) is 0 Å². The van der Waals surface area contributed by atoms with Crippen LogP contribution in [0.2, 0.25) is 0 Å². The third kappa shape index (κ3) is 2.62. The summed E-state index contributed by atoms with van der Waals surface area (Å²) in [7, 11) is 0. The Hall–Kier alpha value is -2.15. The van der Waals surface area contributed by atoms with Gasteiger partial charge in [0.1, 0.15) is 5.82 Å². The van der Waals surface area contributed by atoms with E-state index in [1.165, 1.54) is 5.56 Å². The maximum Gasteiger partial charge on any atom is 0.226 e. The Morgan fingerprint density at radius 3 is 2.92 bits per heavy atom. The molecule has 2 aliphatic rings. The minimum Gasteiger partial charge on any atom is -0.354 e. The van der Waals surface area contributed by atoms with Crippen molar-refractivity contribution in [2.24, 2.45) is 5.92 Å². The molecule has 4 rings (SSSR count). The van der Waals surface area contributed by atoms with Crippen molar-refractivity contribution in [3.05, 3.63) is 23.5 Å². The van der Waals surface area contributed by atoms with Crippen LogP contribution in [0, 0.1) is 5.92 Å². The largest absolute Gasteiger partial charge is 0.354 e. The lowest BCUT2D eigenvalue weighted by Crippen LogP contribution is -2.55. The van der Waals surface area contributed by atoms with E-state index in [4.69, 9.17) is 4.98 Å². The zero-order chi connectivity index (χ0) is 16.7. The molecule has 2 aliphatic heterocycles. The molecule has 1 amide bonds. The molecule has 0 radical (unpaired) electrons. The van der Waals surface area contributed by atoms with Gasteiger partial charge < -0.3 is 15.5 Å². The summed E-state index contributed by atoms with van der Waals surface area (Å²) in [4.78, 5) is 19.2. The Bertz CT molecular complexity index is 762. The number of aromatic nitrogens is 3. The highest BCUT2D eigenvalue weighted by molar-refractivity contribution is 5.82. The fourth-order valence-electron chi connectivity index (χ4n) is 3.56. The number of hydrogen-bond acceptors (Lipinski definition) is 5. The molecule has 1 saturated heterocycles. The predicted molar refractivity (Wildman–Crippen MR) is 92.2 cm³/mol. The van der Waals surface area contributed by atoms with Crippen molar-refractivity contribution in [2.45, 2.75) is 32.7 Å². The van der Waals surface area contributed by atoms with E-state index >= 15 is 0 Å². The van der Waals surface area contributed by atoms with Crippen LogP contribution in [0.4, 0.5) is 5.82 Å². The Morgan fingerprint density at radius 2 is 2.12 bits per heavy atom. The van der Waals surface area contributed by atoms with Crippen LogP contribution >= 0.6 is 0 Å². The summed E-state index contributed by atoms with van der Waals surface area (Å²) in [6.45, 7) is 7.41. The van der Waals surface area contributed by atoms with Crippen LogP contribution in [0.1, 0.15) is 25.1 Å². The van der Waals surface area contributed by atoms with E-state index in [9.17, 15) is 4.79 Å². The summed E-state index contributed by atoms with van der Waals surface area (Å²) < 4.78 is 1.93. The zero-order valence-corrected chi connectivity index (χ0v) is 14.2. The average molecular weight is 328 g/mol. The normalized spacial score (nSPS) is 18.4. The van der Waals surface area contributed by atoms with Crippen LogP contribution < -0.4 is 15.5 Å². The summed E-state index contributed by atoms with van der Waals surface area (Å²) in [6.07, 6.45) is 3.69. The first-order chi connectivity index (χ1) is 11.6. The van der Waals surface area contributed by atoms with Crippen molar-refractivity contribution in [3.63, 3.8) is 0 Å². The summed E-state index contributed by atoms with van der Waals surface area (Å²) in [5, 5.41) is 10.9. The molecule has 24 heavy (non-hydrogen) atoms. The Balaban J connectivity index is 1.64. The van der Waals surface area contributed by atoms with E-state index in [-0.39, 0.29) is 17.9 Å². The standard InChI is InChI=1S/C17H24N6O/c1-11(2)20-16(24)12-9-22(10-12)17-13-3-6-18-7-4-14(13)21-15-5-8-19-23(15)17/h5,8,11-12,18H,3-4,6-7,9-10H2,1-2H3,(H,20,24). The molecule has 0 aromatic carbocycles. The molecule has 4 heterocycles. The number of amides is 1. The highest BCUT2D eigenvalue weighted by atomic mass is 16.2. The minimum absolute atomic E-state index is 0.0609. The van der Waals surface area contributed by atoms with E-state index in [1.54, 1.807) is 6.20 Å². The van der Waals surface area contributed by atoms with Gasteiger partial charge in [-0.15, -0.1) is 0 Å². The van der Waals surface area contributed by atoms with E-state index in [1.807, 2.05) is 24.4 Å².